The first kappa shape index (κ1) is 27.6. The van der Waals surface area contributed by atoms with Crippen LogP contribution in [0.15, 0.2) is 89.8 Å². The molecule has 0 bridgehead atoms. The summed E-state index contributed by atoms with van der Waals surface area (Å²) in [6.45, 7) is 38.4. The van der Waals surface area contributed by atoms with Crippen LogP contribution < -0.4 is 0 Å². The number of nitrogens with zero attached hydrogens (tertiary/aromatic N) is 8. The van der Waals surface area contributed by atoms with Crippen molar-refractivity contribution in [1.29, 1.82) is 21.0 Å². The fourth-order valence-electron chi connectivity index (χ4n) is 4.93. The molecule has 188 valence electrons. The predicted octanol–water partition coefficient (Wildman–Crippen LogP) is 7.83. The van der Waals surface area contributed by atoms with E-state index in [4.69, 9.17) is 26.3 Å². The predicted molar refractivity (Wildman–Crippen MR) is 156 cm³/mol. The molecule has 0 aromatic heterocycles. The second-order valence-electron chi connectivity index (χ2n) is 8.64. The Morgan fingerprint density at radius 1 is 0.786 bits per heavy atom. The lowest BCUT2D eigenvalue weighted by Crippen LogP contribution is -1.94. The quantitative estimate of drug-likeness (QED) is 0.227. The van der Waals surface area contributed by atoms with Gasteiger partial charge >= 0.3 is 0 Å². The molecular formula is C34H12N8. The molecule has 0 heterocycles. The third kappa shape index (κ3) is 4.13. The summed E-state index contributed by atoms with van der Waals surface area (Å²) in [6.07, 6.45) is 2.70. The van der Waals surface area contributed by atoms with Crippen LogP contribution in [-0.2, 0) is 0 Å². The van der Waals surface area contributed by atoms with Crippen LogP contribution in [0.25, 0.3) is 47.4 Å². The summed E-state index contributed by atoms with van der Waals surface area (Å²) in [5.41, 5.74) is 2.71. The largest absolute Gasteiger partial charge is 0.270 e. The molecule has 0 saturated carbocycles. The highest BCUT2D eigenvalue weighted by atomic mass is 14.7. The molecule has 42 heavy (non-hydrogen) atoms. The van der Waals surface area contributed by atoms with Crippen molar-refractivity contribution >= 4 is 33.7 Å². The van der Waals surface area contributed by atoms with Gasteiger partial charge in [-0.25, -0.2) is 29.9 Å². The molecule has 2 aromatic rings. The number of hydrogen-bond acceptors (Lipinski definition) is 4. The van der Waals surface area contributed by atoms with E-state index >= 15 is 0 Å². The van der Waals surface area contributed by atoms with Gasteiger partial charge in [0.25, 0.3) is 11.4 Å². The van der Waals surface area contributed by atoms with Crippen molar-refractivity contribution in [2.45, 2.75) is 0 Å². The SMILES string of the molecule is [C-]#[N+]C1=C(c2cccc([N+]#[C-])c2)/C(=C(/C#N)[N+]#[C-])c2cc3c(cc21)/C(=C(/C#N)[N+]#[C-])C(C(=C)/C=C(/C#N)C=C)=C3C#N. The standard InChI is InChI=1S/C34H12N8/c1-7-20(15-35)11-19(2)30-27(16-36)23-13-25-26(14-24(23)32(30)28(17-37)40-4)34(42-6)31(33(25)29(18-38)41-5)21-9-8-10-22(12-21)39-3/h7-14H,1-2H2/b20-11+,32-28+,33-29-. The maximum atomic E-state index is 10.3. The molecule has 8 nitrogen and oxygen atoms in total. The normalized spacial score (nSPS) is 15.2. The number of allylic oxidation sites excluding steroid dienone is 11. The van der Waals surface area contributed by atoms with E-state index in [0.717, 1.165) is 0 Å². The minimum absolute atomic E-state index is 0.0651. The van der Waals surface area contributed by atoms with Crippen molar-refractivity contribution in [3.63, 3.8) is 0 Å². The molecule has 0 atom stereocenters. The number of nitriles is 4. The third-order valence-electron chi connectivity index (χ3n) is 6.60. The zero-order valence-electron chi connectivity index (χ0n) is 21.6. The summed E-state index contributed by atoms with van der Waals surface area (Å²) in [5, 5.41) is 39.4. The molecule has 2 aliphatic rings. The lowest BCUT2D eigenvalue weighted by Gasteiger charge is -2.12. The molecule has 4 rings (SSSR count). The smallest absolute Gasteiger partial charge is 0.238 e. The Morgan fingerprint density at radius 2 is 1.43 bits per heavy atom. The van der Waals surface area contributed by atoms with E-state index in [1.807, 2.05) is 18.2 Å². The van der Waals surface area contributed by atoms with E-state index in [0.29, 0.717) is 33.5 Å². The summed E-state index contributed by atoms with van der Waals surface area (Å²) >= 11 is 0. The molecule has 0 unspecified atom stereocenters. The highest BCUT2D eigenvalue weighted by molar-refractivity contribution is 6.25. The molecule has 0 radical (unpaired) electrons. The molecule has 0 N–H and O–H groups in total. The van der Waals surface area contributed by atoms with Crippen LogP contribution in [-0.4, -0.2) is 0 Å². The van der Waals surface area contributed by atoms with Gasteiger partial charge in [-0.2, -0.15) is 10.5 Å². The van der Waals surface area contributed by atoms with Crippen molar-refractivity contribution < 1.29 is 0 Å². The highest BCUT2D eigenvalue weighted by Gasteiger charge is 2.36. The van der Waals surface area contributed by atoms with Gasteiger partial charge in [0, 0.05) is 5.57 Å². The topological polar surface area (TPSA) is 113 Å². The van der Waals surface area contributed by atoms with Gasteiger partial charge in [0.05, 0.1) is 55.6 Å². The van der Waals surface area contributed by atoms with Gasteiger partial charge < -0.3 is 0 Å². The lowest BCUT2D eigenvalue weighted by atomic mass is 9.92. The van der Waals surface area contributed by atoms with Gasteiger partial charge in [0.2, 0.25) is 5.70 Å². The average Bonchev–Trinajstić information content (AvgIpc) is 3.52. The number of hydrogen-bond donors (Lipinski definition) is 0. The minimum Gasteiger partial charge on any atom is -0.238 e. The number of fused-ring (bicyclic) bond motifs is 2. The summed E-state index contributed by atoms with van der Waals surface area (Å²) in [7, 11) is 0. The van der Waals surface area contributed by atoms with Crippen LogP contribution in [0.3, 0.4) is 0 Å². The van der Waals surface area contributed by atoms with Crippen LogP contribution in [0.5, 0.6) is 0 Å². The van der Waals surface area contributed by atoms with E-state index in [-0.39, 0.29) is 56.1 Å². The Balaban J connectivity index is 2.19. The Morgan fingerprint density at radius 3 is 1.98 bits per heavy atom. The molecule has 0 aliphatic heterocycles. The fraction of sp³-hybridized carbons (Fsp3) is 0. The lowest BCUT2D eigenvalue weighted by molar-refractivity contribution is 1.46. The monoisotopic (exact) mass is 532 g/mol. The maximum Gasteiger partial charge on any atom is 0.270 e. The van der Waals surface area contributed by atoms with Crippen molar-refractivity contribution in [1.82, 2.24) is 0 Å². The van der Waals surface area contributed by atoms with Crippen molar-refractivity contribution in [3.05, 3.63) is 163 Å². The van der Waals surface area contributed by atoms with Gasteiger partial charge in [0.1, 0.15) is 6.07 Å². The van der Waals surface area contributed by atoms with Gasteiger partial charge in [-0.05, 0) is 62.3 Å². The summed E-state index contributed by atoms with van der Waals surface area (Å²) in [6, 6.07) is 17.5. The van der Waals surface area contributed by atoms with Crippen LogP contribution in [0, 0.1) is 71.6 Å². The molecule has 0 amide bonds. The van der Waals surface area contributed by atoms with E-state index in [1.165, 1.54) is 12.2 Å². The molecule has 2 aliphatic carbocycles. The Bertz CT molecular complexity index is 2160. The van der Waals surface area contributed by atoms with Crippen LogP contribution in [0.1, 0.15) is 27.8 Å². The van der Waals surface area contributed by atoms with Gasteiger partial charge in [-0.15, -0.1) is 0 Å². The van der Waals surface area contributed by atoms with E-state index in [1.54, 1.807) is 36.4 Å². The first-order valence-corrected chi connectivity index (χ1v) is 11.8. The van der Waals surface area contributed by atoms with Crippen molar-refractivity contribution in [2.75, 3.05) is 0 Å². The molecule has 2 aromatic carbocycles. The zero-order chi connectivity index (χ0) is 30.6. The highest BCUT2D eigenvalue weighted by Crippen LogP contribution is 2.54. The van der Waals surface area contributed by atoms with Crippen LogP contribution in [0.2, 0.25) is 0 Å². The fourth-order valence-corrected chi connectivity index (χ4v) is 4.93. The summed E-state index contributed by atoms with van der Waals surface area (Å²) in [4.78, 5) is 14.0. The van der Waals surface area contributed by atoms with E-state index < -0.39 is 0 Å². The maximum absolute atomic E-state index is 10.3. The minimum atomic E-state index is -0.325. The molecule has 0 saturated heterocycles. The van der Waals surface area contributed by atoms with Crippen molar-refractivity contribution in [2.24, 2.45) is 0 Å². The Hall–Kier alpha value is -7.46. The van der Waals surface area contributed by atoms with E-state index in [2.05, 4.69) is 38.6 Å². The van der Waals surface area contributed by atoms with Gasteiger partial charge in [-0.1, -0.05) is 49.6 Å². The molecule has 8 heteroatoms. The van der Waals surface area contributed by atoms with Crippen LogP contribution >= 0.6 is 0 Å². The zero-order valence-corrected chi connectivity index (χ0v) is 21.6. The second kappa shape index (κ2) is 11.1. The van der Waals surface area contributed by atoms with Gasteiger partial charge in [0.15, 0.2) is 5.69 Å². The summed E-state index contributed by atoms with van der Waals surface area (Å²) < 4.78 is 0. The summed E-state index contributed by atoms with van der Waals surface area (Å²) in [5.74, 6) is 0. The van der Waals surface area contributed by atoms with Crippen LogP contribution in [0.4, 0.5) is 5.69 Å². The van der Waals surface area contributed by atoms with Gasteiger partial charge in [-0.3, -0.25) is 0 Å². The number of rotatable bonds is 4. The Kier molecular flexibility index (Phi) is 7.29. The first-order valence-electron chi connectivity index (χ1n) is 11.8. The van der Waals surface area contributed by atoms with E-state index in [9.17, 15) is 21.0 Å². The molecule has 0 spiro atoms. The molecular weight excluding hydrogens is 520 g/mol. The number of benzene rings is 2. The second-order valence-corrected chi connectivity index (χ2v) is 8.64. The molecule has 0 fully saturated rings. The average molecular weight is 533 g/mol. The first-order chi connectivity index (χ1) is 20.4. The Labute approximate surface area is 242 Å². The third-order valence-corrected chi connectivity index (χ3v) is 6.60. The van der Waals surface area contributed by atoms with Crippen molar-refractivity contribution in [3.8, 4) is 24.3 Å².